The molecule has 0 spiro atoms. The number of rotatable bonds is 16. The Morgan fingerprint density at radius 1 is 0.860 bits per heavy atom. The van der Waals surface area contributed by atoms with E-state index in [-0.39, 0.29) is 42.8 Å². The number of unbranched alkanes of at least 4 members (excludes halogenated alkanes) is 1. The van der Waals surface area contributed by atoms with Crippen LogP contribution in [0.4, 0.5) is 0 Å². The van der Waals surface area contributed by atoms with Gasteiger partial charge in [0.2, 0.25) is 23.5 Å². The van der Waals surface area contributed by atoms with E-state index < -0.39 is 41.3 Å². The Kier molecular flexibility index (Phi) is 20.5. The number of Topliss-reactive ketones (excluding diaryl/α,β-unsaturated/α-hetero) is 1. The van der Waals surface area contributed by atoms with Crippen molar-refractivity contribution >= 4 is 41.4 Å². The van der Waals surface area contributed by atoms with E-state index in [0.717, 1.165) is 44.9 Å². The second-order valence-corrected chi connectivity index (χ2v) is 16.0. The molecule has 4 unspecified atom stereocenters. The fourth-order valence-electron chi connectivity index (χ4n) is 6.53. The maximum Gasteiger partial charge on any atom is 0.289 e. The van der Waals surface area contributed by atoms with E-state index in [4.69, 9.17) is 4.84 Å². The molecule has 0 aromatic rings. The van der Waals surface area contributed by atoms with Crippen molar-refractivity contribution in [2.24, 2.45) is 17.3 Å². The Hall–Kier alpha value is -2.22. The molecule has 4 aliphatic rings. The van der Waals surface area contributed by atoms with Crippen LogP contribution in [-0.2, 0) is 28.8 Å². The third kappa shape index (κ3) is 15.6. The number of amides is 4. The fraction of sp³-hybridized carbons (Fsp3) is 0.865. The van der Waals surface area contributed by atoms with Crippen LogP contribution >= 0.6 is 11.9 Å². The molecule has 5 atom stereocenters. The van der Waals surface area contributed by atoms with Gasteiger partial charge in [-0.3, -0.25) is 33.5 Å². The maximum absolute atomic E-state index is 14.0. The molecule has 4 amide bonds. The molecule has 3 saturated carbocycles. The lowest BCUT2D eigenvalue weighted by Gasteiger charge is -2.36. The van der Waals surface area contributed by atoms with Gasteiger partial charge in [0.15, 0.2) is 6.23 Å². The Balaban J connectivity index is 0.000000843. The number of carbonyl (C=O) groups excluding carboxylic acids is 5. The Morgan fingerprint density at radius 3 is 2.02 bits per heavy atom. The largest absolute Gasteiger partial charge is 0.347 e. The summed E-state index contributed by atoms with van der Waals surface area (Å²) in [5.41, 5.74) is 2.27. The average molecular weight is 725 g/mol. The summed E-state index contributed by atoms with van der Waals surface area (Å²) in [4.78, 5) is 72.0. The maximum atomic E-state index is 14.0. The van der Waals surface area contributed by atoms with Crippen LogP contribution in [0.5, 0.6) is 0 Å². The second-order valence-electron chi connectivity index (χ2n) is 15.3. The first-order valence-corrected chi connectivity index (χ1v) is 20.5. The van der Waals surface area contributed by atoms with Crippen molar-refractivity contribution in [3.63, 3.8) is 0 Å². The molecule has 0 aromatic heterocycles. The first kappa shape index (κ1) is 43.9. The summed E-state index contributed by atoms with van der Waals surface area (Å²) < 4.78 is 2.82. The van der Waals surface area contributed by atoms with E-state index in [0.29, 0.717) is 13.0 Å². The van der Waals surface area contributed by atoms with Crippen molar-refractivity contribution in [2.45, 2.75) is 162 Å². The molecule has 4 fully saturated rings. The van der Waals surface area contributed by atoms with Gasteiger partial charge in [-0.1, -0.05) is 118 Å². The van der Waals surface area contributed by atoms with Gasteiger partial charge in [0.1, 0.15) is 12.1 Å². The van der Waals surface area contributed by atoms with Crippen LogP contribution in [-0.4, -0.2) is 84.6 Å². The molecule has 13 heteroatoms. The van der Waals surface area contributed by atoms with E-state index in [2.05, 4.69) is 40.0 Å². The minimum Gasteiger partial charge on any atom is -0.347 e. The topological polar surface area (TPSA) is 158 Å². The third-order valence-corrected chi connectivity index (χ3v) is 9.91. The van der Waals surface area contributed by atoms with E-state index in [1.165, 1.54) is 56.9 Å². The number of fused-ring (bicyclic) bond motifs is 1. The molecule has 4 rings (SSSR count). The number of carbonyl (C=O) groups is 5. The molecular formula is C37H68N6O6S. The quantitative estimate of drug-likeness (QED) is 0.0860. The molecule has 3 aliphatic carbocycles. The highest BCUT2D eigenvalue weighted by molar-refractivity contribution is 7.96. The monoisotopic (exact) mass is 724 g/mol. The summed E-state index contributed by atoms with van der Waals surface area (Å²) in [6.07, 6.45) is 18.1. The molecule has 0 bridgehead atoms. The van der Waals surface area contributed by atoms with E-state index >= 15 is 0 Å². The summed E-state index contributed by atoms with van der Waals surface area (Å²) in [7, 11) is 0. The highest BCUT2D eigenvalue weighted by atomic mass is 32.2. The number of likely N-dealkylation sites (tertiary alicyclic amines) is 1. The van der Waals surface area contributed by atoms with Crippen LogP contribution < -0.4 is 26.2 Å². The van der Waals surface area contributed by atoms with E-state index in [1.807, 2.05) is 27.7 Å². The lowest BCUT2D eigenvalue weighted by atomic mass is 9.85. The predicted molar refractivity (Wildman–Crippen MR) is 200 cm³/mol. The van der Waals surface area contributed by atoms with Crippen molar-refractivity contribution in [3.8, 4) is 0 Å². The average Bonchev–Trinajstić information content (AvgIpc) is 3.67. The highest BCUT2D eigenvalue weighted by Gasteiger charge is 2.50. The SMILES string of the molecule is C1CCCCC1.CCC.CCCCC(NOC1[C@H]2CCCC2CN1C(=O)C(NC(=O)CNC(=O)CNSC)C(C)(C)C)C(=O)C(=O)NC1CC1. The van der Waals surface area contributed by atoms with Gasteiger partial charge in [-0.2, -0.15) is 5.48 Å². The van der Waals surface area contributed by atoms with E-state index in [1.54, 1.807) is 11.2 Å². The summed E-state index contributed by atoms with van der Waals surface area (Å²) in [5.74, 6) is -1.86. The summed E-state index contributed by atoms with van der Waals surface area (Å²) in [6.45, 7) is 12.2. The first-order valence-electron chi connectivity index (χ1n) is 19.3. The van der Waals surface area contributed by atoms with Crippen molar-refractivity contribution in [1.82, 2.24) is 31.1 Å². The van der Waals surface area contributed by atoms with Crippen LogP contribution in [0.3, 0.4) is 0 Å². The number of hydrogen-bond donors (Lipinski definition) is 5. The Morgan fingerprint density at radius 2 is 1.48 bits per heavy atom. The van der Waals surface area contributed by atoms with Crippen molar-refractivity contribution in [3.05, 3.63) is 0 Å². The van der Waals surface area contributed by atoms with Crippen LogP contribution in [0.15, 0.2) is 0 Å². The highest BCUT2D eigenvalue weighted by Crippen LogP contribution is 2.43. The van der Waals surface area contributed by atoms with Crippen molar-refractivity contribution in [1.29, 1.82) is 0 Å². The van der Waals surface area contributed by atoms with Gasteiger partial charge >= 0.3 is 0 Å². The minimum atomic E-state index is -0.858. The molecule has 1 aliphatic heterocycles. The number of ketones is 1. The zero-order valence-corrected chi connectivity index (χ0v) is 32.8. The molecule has 288 valence electrons. The molecule has 1 heterocycles. The molecule has 0 radical (unpaired) electrons. The normalized spacial score (nSPS) is 22.5. The number of nitrogens with zero attached hydrogens (tertiary/aromatic N) is 1. The second kappa shape index (κ2) is 23.4. The first-order chi connectivity index (χ1) is 23.9. The van der Waals surface area contributed by atoms with Crippen LogP contribution in [0, 0.1) is 17.3 Å². The standard InChI is InChI=1S/C28H48N6O6S.C6H12.C3H8/c1-6-7-11-20(23(37)25(38)31-18-12-13-18)33-40-27-19-10-8-9-17(19)16-34(27)26(39)24(28(2,3)4)32-22(36)14-29-21(35)15-30-41-5;1-2-4-6-5-3-1;1-3-2/h17-20,24,27,30,33H,6-16H2,1-5H3,(H,29,35)(H,31,38)(H,32,36);1-6H2;3H2,1-2H3/t17?,19-,20?,24?,27?;;/m0../s1. The predicted octanol–water partition coefficient (Wildman–Crippen LogP) is 4.77. The summed E-state index contributed by atoms with van der Waals surface area (Å²) in [6, 6.07) is -1.59. The van der Waals surface area contributed by atoms with Gasteiger partial charge in [0.05, 0.1) is 13.1 Å². The molecule has 12 nitrogen and oxygen atoms in total. The number of hydroxylamine groups is 1. The fourth-order valence-corrected chi connectivity index (χ4v) is 6.81. The van der Waals surface area contributed by atoms with Gasteiger partial charge in [0.25, 0.3) is 5.91 Å². The van der Waals surface area contributed by atoms with Gasteiger partial charge in [0, 0.05) is 18.5 Å². The molecular weight excluding hydrogens is 657 g/mol. The number of nitrogens with one attached hydrogen (secondary N) is 5. The van der Waals surface area contributed by atoms with Crippen molar-refractivity contribution < 1.29 is 28.8 Å². The summed E-state index contributed by atoms with van der Waals surface area (Å²) in [5, 5.41) is 8.15. The van der Waals surface area contributed by atoms with Gasteiger partial charge < -0.3 is 20.9 Å². The smallest absolute Gasteiger partial charge is 0.289 e. The molecule has 1 saturated heterocycles. The van der Waals surface area contributed by atoms with Gasteiger partial charge in [-0.15, -0.1) is 0 Å². The zero-order chi connectivity index (χ0) is 37.1. The molecule has 0 aromatic carbocycles. The molecule has 5 N–H and O–H groups in total. The number of hydrogen-bond acceptors (Lipinski definition) is 9. The van der Waals surface area contributed by atoms with Crippen LogP contribution in [0.2, 0.25) is 0 Å². The minimum absolute atomic E-state index is 0.0721. The molecule has 50 heavy (non-hydrogen) atoms. The van der Waals surface area contributed by atoms with E-state index in [9.17, 15) is 24.0 Å². The third-order valence-electron chi connectivity index (χ3n) is 9.48. The Bertz CT molecular complexity index is 1050. The van der Waals surface area contributed by atoms with Gasteiger partial charge in [-0.25, -0.2) is 0 Å². The zero-order valence-electron chi connectivity index (χ0n) is 32.0. The summed E-state index contributed by atoms with van der Waals surface area (Å²) >= 11 is 1.30. The lowest BCUT2D eigenvalue weighted by molar-refractivity contribution is -0.166. The van der Waals surface area contributed by atoms with Crippen LogP contribution in [0.1, 0.15) is 138 Å². The van der Waals surface area contributed by atoms with Crippen molar-refractivity contribution in [2.75, 3.05) is 25.9 Å². The van der Waals surface area contributed by atoms with Crippen LogP contribution in [0.25, 0.3) is 0 Å². The lowest BCUT2D eigenvalue weighted by Crippen LogP contribution is -2.58. The van der Waals surface area contributed by atoms with Gasteiger partial charge in [-0.05, 0) is 49.7 Å². The Labute approximate surface area is 306 Å².